The van der Waals surface area contributed by atoms with E-state index in [0.717, 1.165) is 6.54 Å². The van der Waals surface area contributed by atoms with Crippen LogP contribution in [0.3, 0.4) is 0 Å². The van der Waals surface area contributed by atoms with Gasteiger partial charge in [-0.3, -0.25) is 0 Å². The van der Waals surface area contributed by atoms with Gasteiger partial charge < -0.3 is 10.7 Å². The largest absolute Gasteiger partial charge is 0.432 e. The van der Waals surface area contributed by atoms with Crippen LogP contribution in [-0.4, -0.2) is 9.78 Å². The summed E-state index contributed by atoms with van der Waals surface area (Å²) in [6, 6.07) is 13.1. The molecule has 1 aromatic carbocycles. The fourth-order valence-electron chi connectivity index (χ4n) is 1.12. The average Bonchev–Trinajstić information content (AvgIpc) is 2.75. The molecule has 0 bridgehead atoms. The smallest absolute Gasteiger partial charge is 0.0624 e. The predicted octanol–water partition coefficient (Wildman–Crippen LogP) is 2.61. The SMILES string of the molecule is [Zn+][I].[c-]1cnn(Cc2ccccc2)c1. The van der Waals surface area contributed by atoms with Gasteiger partial charge in [0, 0.05) is 0 Å². The van der Waals surface area contributed by atoms with Crippen LogP contribution in [-0.2, 0) is 21.3 Å². The van der Waals surface area contributed by atoms with Crippen LogP contribution in [0, 0.1) is 6.07 Å². The molecule has 0 atom stereocenters. The van der Waals surface area contributed by atoms with E-state index in [1.807, 2.05) is 29.1 Å². The summed E-state index contributed by atoms with van der Waals surface area (Å²) in [5, 5.41) is 4.07. The van der Waals surface area contributed by atoms with Crippen molar-refractivity contribution in [1.29, 1.82) is 0 Å². The van der Waals surface area contributed by atoms with Crippen molar-refractivity contribution in [2.45, 2.75) is 6.54 Å². The Balaban J connectivity index is 0.000000461. The minimum atomic E-state index is 0.824. The maximum absolute atomic E-state index is 4.07. The number of aromatic nitrogens is 2. The zero-order chi connectivity index (χ0) is 10.2. The molecule has 2 rings (SSSR count). The van der Waals surface area contributed by atoms with Gasteiger partial charge in [-0.25, -0.2) is 5.10 Å². The second kappa shape index (κ2) is 7.13. The van der Waals surface area contributed by atoms with E-state index in [1.54, 1.807) is 6.20 Å². The van der Waals surface area contributed by atoms with E-state index in [1.165, 1.54) is 20.4 Å². The number of halogens is 1. The molecule has 68 valence electrons. The van der Waals surface area contributed by atoms with Crippen molar-refractivity contribution in [1.82, 2.24) is 9.78 Å². The van der Waals surface area contributed by atoms with Crippen molar-refractivity contribution >= 4 is 19.8 Å². The molecule has 1 aromatic heterocycles. The quantitative estimate of drug-likeness (QED) is 0.463. The third-order valence-corrected chi connectivity index (χ3v) is 1.69. The van der Waals surface area contributed by atoms with Crippen LogP contribution in [0.15, 0.2) is 42.7 Å². The van der Waals surface area contributed by atoms with E-state index in [0.29, 0.717) is 0 Å². The number of nitrogens with zero attached hydrogens (tertiary/aromatic N) is 2. The summed E-state index contributed by atoms with van der Waals surface area (Å²) in [6.07, 6.45) is 3.51. The minimum absolute atomic E-state index is 0.824. The summed E-state index contributed by atoms with van der Waals surface area (Å²) in [5.41, 5.74) is 1.26. The van der Waals surface area contributed by atoms with E-state index < -0.39 is 0 Å². The summed E-state index contributed by atoms with van der Waals surface area (Å²) < 4.78 is 1.86. The van der Waals surface area contributed by atoms with Gasteiger partial charge in [-0.1, -0.05) is 30.3 Å². The molecule has 0 aliphatic carbocycles. The van der Waals surface area contributed by atoms with Gasteiger partial charge in [-0.05, 0) is 5.56 Å². The predicted molar refractivity (Wildman–Crippen MR) is 60.6 cm³/mol. The van der Waals surface area contributed by atoms with Crippen molar-refractivity contribution in [3.63, 3.8) is 0 Å². The Kier molecular flexibility index (Phi) is 6.03. The van der Waals surface area contributed by atoms with Crippen LogP contribution in [0.1, 0.15) is 5.56 Å². The van der Waals surface area contributed by atoms with Gasteiger partial charge in [0.2, 0.25) is 0 Å². The molecule has 0 aliphatic rings. The third kappa shape index (κ3) is 3.88. The number of rotatable bonds is 2. The van der Waals surface area contributed by atoms with Crippen LogP contribution in [0.2, 0.25) is 0 Å². The molecule has 2 nitrogen and oxygen atoms in total. The third-order valence-electron chi connectivity index (χ3n) is 1.69. The van der Waals surface area contributed by atoms with Gasteiger partial charge >= 0.3 is 34.5 Å². The molecule has 4 heteroatoms. The summed E-state index contributed by atoms with van der Waals surface area (Å²) in [5.74, 6) is 0. The van der Waals surface area contributed by atoms with Crippen LogP contribution >= 0.6 is 19.8 Å². The van der Waals surface area contributed by atoms with E-state index in [-0.39, 0.29) is 0 Å². The maximum atomic E-state index is 4.07. The van der Waals surface area contributed by atoms with E-state index in [2.05, 4.69) is 43.0 Å². The first-order valence-corrected chi connectivity index (χ1v) is 13.2. The van der Waals surface area contributed by atoms with Crippen LogP contribution in [0.5, 0.6) is 0 Å². The molecule has 0 amide bonds. The second-order valence-electron chi connectivity index (χ2n) is 2.62. The first-order valence-electron chi connectivity index (χ1n) is 4.14. The van der Waals surface area contributed by atoms with Crippen LogP contribution in [0.4, 0.5) is 0 Å². The summed E-state index contributed by atoms with van der Waals surface area (Å²) in [6.45, 7) is 0.824. The molecule has 0 N–H and O–H groups in total. The second-order valence-corrected chi connectivity index (χ2v) is 2.62. The topological polar surface area (TPSA) is 17.8 Å². The Morgan fingerprint density at radius 2 is 2.00 bits per heavy atom. The van der Waals surface area contributed by atoms with Gasteiger partial charge in [0.05, 0.1) is 6.54 Å². The molecule has 14 heavy (non-hydrogen) atoms. The molecule has 0 radical (unpaired) electrons. The molecule has 1 heterocycles. The van der Waals surface area contributed by atoms with Crippen molar-refractivity contribution in [2.75, 3.05) is 0 Å². The van der Waals surface area contributed by atoms with Crippen molar-refractivity contribution in [3.05, 3.63) is 54.4 Å². The standard InChI is InChI=1S/C10H9N2.HI.Zn/c1-2-5-10(6-3-1)9-12-8-4-7-11-12;;/h1-3,5-8H,9H2;1H;/q-1;;+2/p-1. The summed E-state index contributed by atoms with van der Waals surface area (Å²) in [4.78, 5) is 0. The Labute approximate surface area is 105 Å². The van der Waals surface area contributed by atoms with Crippen molar-refractivity contribution in [2.24, 2.45) is 0 Å². The van der Waals surface area contributed by atoms with Crippen molar-refractivity contribution < 1.29 is 14.8 Å². The maximum Gasteiger partial charge on any atom is 0.0624 e. The average molecular weight is 349 g/mol. The van der Waals surface area contributed by atoms with Gasteiger partial charge in [-0.2, -0.15) is 6.20 Å². The van der Waals surface area contributed by atoms with Crippen molar-refractivity contribution in [3.8, 4) is 0 Å². The minimum Gasteiger partial charge on any atom is -0.432 e. The van der Waals surface area contributed by atoms with E-state index in [9.17, 15) is 0 Å². The molecule has 0 saturated heterocycles. The van der Waals surface area contributed by atoms with Gasteiger partial charge in [-0.15, -0.1) is 6.20 Å². The molecular weight excluding hydrogens is 340 g/mol. The zero-order valence-electron chi connectivity index (χ0n) is 7.73. The zero-order valence-corrected chi connectivity index (χ0v) is 12.9. The number of hydrogen-bond donors (Lipinski definition) is 0. The Morgan fingerprint density at radius 3 is 2.57 bits per heavy atom. The number of hydrogen-bond acceptors (Lipinski definition) is 1. The Bertz CT molecular complexity index is 334. The first kappa shape index (κ1) is 11.9. The van der Waals surface area contributed by atoms with E-state index >= 15 is 0 Å². The Hall–Kier alpha value is -0.217. The normalized spacial score (nSPS) is 9.07. The molecule has 0 saturated carbocycles. The summed E-state index contributed by atoms with van der Waals surface area (Å²) >= 11 is 3.62. The van der Waals surface area contributed by atoms with Gasteiger partial charge in [0.1, 0.15) is 0 Å². The Morgan fingerprint density at radius 1 is 1.29 bits per heavy atom. The molecule has 0 aliphatic heterocycles. The van der Waals surface area contributed by atoms with Gasteiger partial charge in [0.25, 0.3) is 0 Å². The van der Waals surface area contributed by atoms with Crippen LogP contribution in [0.25, 0.3) is 0 Å². The first-order chi connectivity index (χ1) is 6.95. The molecule has 2 aromatic rings. The summed E-state index contributed by atoms with van der Waals surface area (Å²) in [7, 11) is 0. The number of benzene rings is 1. The molecular formula is C10H9IN2Zn. The van der Waals surface area contributed by atoms with Gasteiger partial charge in [0.15, 0.2) is 0 Å². The fraction of sp³-hybridized carbons (Fsp3) is 0.100. The van der Waals surface area contributed by atoms with Crippen LogP contribution < -0.4 is 0 Å². The molecule has 0 unspecified atom stereocenters. The molecule has 0 spiro atoms. The molecule has 0 fully saturated rings. The fourth-order valence-corrected chi connectivity index (χ4v) is 1.12. The van der Waals surface area contributed by atoms with E-state index in [4.69, 9.17) is 0 Å². The monoisotopic (exact) mass is 348 g/mol.